The Labute approximate surface area is 115 Å². The van der Waals surface area contributed by atoms with E-state index in [1.807, 2.05) is 0 Å². The molecule has 0 spiro atoms. The fourth-order valence-electron chi connectivity index (χ4n) is 1.93. The van der Waals surface area contributed by atoms with Crippen LogP contribution in [-0.2, 0) is 20.6 Å². The van der Waals surface area contributed by atoms with Crippen LogP contribution in [0.25, 0.3) is 0 Å². The zero-order valence-electron chi connectivity index (χ0n) is 10.6. The molecule has 1 saturated heterocycles. The van der Waals surface area contributed by atoms with Gasteiger partial charge in [-0.25, -0.2) is 0 Å². The molecule has 1 aromatic carbocycles. The van der Waals surface area contributed by atoms with E-state index >= 15 is 0 Å². The van der Waals surface area contributed by atoms with Gasteiger partial charge in [-0.15, -0.1) is 0 Å². The van der Waals surface area contributed by atoms with Crippen molar-refractivity contribution < 1.29 is 25.9 Å². The Hall–Kier alpha value is -1.12. The van der Waals surface area contributed by atoms with Crippen LogP contribution in [0.4, 0.5) is 13.2 Å². The highest BCUT2D eigenvalue weighted by Crippen LogP contribution is 2.30. The van der Waals surface area contributed by atoms with E-state index in [4.69, 9.17) is 4.28 Å². The Balaban J connectivity index is 2.13. The van der Waals surface area contributed by atoms with Crippen molar-refractivity contribution in [2.75, 3.05) is 13.1 Å². The minimum absolute atomic E-state index is 0.281. The number of hydroxylamine groups is 2. The van der Waals surface area contributed by atoms with Crippen LogP contribution in [0.5, 0.6) is 0 Å². The van der Waals surface area contributed by atoms with Gasteiger partial charge >= 0.3 is 16.3 Å². The van der Waals surface area contributed by atoms with Crippen molar-refractivity contribution in [1.82, 2.24) is 5.06 Å². The molecule has 1 aliphatic rings. The van der Waals surface area contributed by atoms with Crippen molar-refractivity contribution in [2.24, 2.45) is 0 Å². The van der Waals surface area contributed by atoms with Gasteiger partial charge in [0.2, 0.25) is 0 Å². The van der Waals surface area contributed by atoms with E-state index in [1.54, 1.807) is 0 Å². The zero-order chi connectivity index (χ0) is 14.8. The van der Waals surface area contributed by atoms with Gasteiger partial charge in [0.25, 0.3) is 0 Å². The largest absolute Gasteiger partial charge is 0.416 e. The molecule has 1 aliphatic heterocycles. The number of alkyl halides is 3. The smallest absolute Gasteiger partial charge is 0.192 e. The summed E-state index contributed by atoms with van der Waals surface area (Å²) in [5, 5.41) is 1.33. The van der Waals surface area contributed by atoms with Crippen LogP contribution >= 0.6 is 0 Å². The third-order valence-corrected chi connectivity index (χ3v) is 4.25. The zero-order valence-corrected chi connectivity index (χ0v) is 11.4. The molecule has 8 heteroatoms. The first-order chi connectivity index (χ1) is 9.29. The van der Waals surface area contributed by atoms with Gasteiger partial charge in [0.05, 0.1) is 10.5 Å². The molecule has 4 nitrogen and oxygen atoms in total. The third-order valence-electron chi connectivity index (χ3n) is 2.99. The first-order valence-corrected chi connectivity index (χ1v) is 7.57. The summed E-state index contributed by atoms with van der Waals surface area (Å²) in [5.41, 5.74) is -0.894. The number of nitrogens with zero attached hydrogens (tertiary/aromatic N) is 1. The molecule has 0 unspecified atom stereocenters. The minimum Gasteiger partial charge on any atom is -0.192 e. The predicted octanol–water partition coefficient (Wildman–Crippen LogP) is 2.81. The molecule has 112 valence electrons. The first-order valence-electron chi connectivity index (χ1n) is 6.16. The molecule has 1 heterocycles. The van der Waals surface area contributed by atoms with Gasteiger partial charge in [-0.1, -0.05) is 6.42 Å². The van der Waals surface area contributed by atoms with Crippen LogP contribution in [0.3, 0.4) is 0 Å². The summed E-state index contributed by atoms with van der Waals surface area (Å²) < 4.78 is 65.9. The Morgan fingerprint density at radius 2 is 1.55 bits per heavy atom. The lowest BCUT2D eigenvalue weighted by molar-refractivity contribution is -0.137. The number of benzene rings is 1. The van der Waals surface area contributed by atoms with Crippen molar-refractivity contribution in [2.45, 2.75) is 30.3 Å². The normalized spacial score (nSPS) is 18.1. The topological polar surface area (TPSA) is 46.6 Å². The Kier molecular flexibility index (Phi) is 4.36. The van der Waals surface area contributed by atoms with Crippen molar-refractivity contribution in [1.29, 1.82) is 0 Å². The number of rotatable bonds is 3. The summed E-state index contributed by atoms with van der Waals surface area (Å²) in [6, 6.07) is 3.27. The quantitative estimate of drug-likeness (QED) is 0.861. The van der Waals surface area contributed by atoms with Gasteiger partial charge in [-0.2, -0.15) is 30.9 Å². The lowest BCUT2D eigenvalue weighted by Gasteiger charge is -2.24. The van der Waals surface area contributed by atoms with Crippen LogP contribution in [0.2, 0.25) is 0 Å². The van der Waals surface area contributed by atoms with E-state index in [2.05, 4.69) is 0 Å². The monoisotopic (exact) mass is 309 g/mol. The standard InChI is InChI=1S/C12H14F3NO3S/c13-12(14,15)10-4-6-11(7-5-10)20(17,18)19-16-8-2-1-3-9-16/h4-7H,1-3,8-9H2. The van der Waals surface area contributed by atoms with Gasteiger partial charge in [0.15, 0.2) is 0 Å². The number of hydrogen-bond acceptors (Lipinski definition) is 4. The minimum atomic E-state index is -4.49. The highest BCUT2D eigenvalue weighted by atomic mass is 32.2. The molecule has 1 aromatic rings. The maximum atomic E-state index is 12.4. The molecule has 0 N–H and O–H groups in total. The maximum Gasteiger partial charge on any atom is 0.416 e. The summed E-state index contributed by atoms with van der Waals surface area (Å²) in [4.78, 5) is -0.281. The highest BCUT2D eigenvalue weighted by Gasteiger charge is 2.31. The average molecular weight is 309 g/mol. The highest BCUT2D eigenvalue weighted by molar-refractivity contribution is 7.86. The predicted molar refractivity (Wildman–Crippen MR) is 65.1 cm³/mol. The van der Waals surface area contributed by atoms with Crippen LogP contribution in [-0.4, -0.2) is 26.6 Å². The van der Waals surface area contributed by atoms with E-state index in [0.717, 1.165) is 43.5 Å². The van der Waals surface area contributed by atoms with Crippen LogP contribution < -0.4 is 0 Å². The summed E-state index contributed by atoms with van der Waals surface area (Å²) in [6.45, 7) is 1.000. The molecule has 2 rings (SSSR count). The van der Waals surface area contributed by atoms with E-state index in [0.29, 0.717) is 13.1 Å². The van der Waals surface area contributed by atoms with Crippen molar-refractivity contribution in [3.63, 3.8) is 0 Å². The fourth-order valence-corrected chi connectivity index (χ4v) is 2.91. The lowest BCUT2D eigenvalue weighted by Crippen LogP contribution is -2.32. The first kappa shape index (κ1) is 15.3. The molecule has 0 radical (unpaired) electrons. The van der Waals surface area contributed by atoms with Gasteiger partial charge in [0, 0.05) is 13.1 Å². The molecule has 0 bridgehead atoms. The second kappa shape index (κ2) is 5.71. The molecule has 0 aromatic heterocycles. The van der Waals surface area contributed by atoms with Crippen molar-refractivity contribution in [3.8, 4) is 0 Å². The summed E-state index contributed by atoms with van der Waals surface area (Å²) >= 11 is 0. The fraction of sp³-hybridized carbons (Fsp3) is 0.500. The molecule has 0 amide bonds. The lowest BCUT2D eigenvalue weighted by atomic mass is 10.2. The summed E-state index contributed by atoms with van der Waals surface area (Å²) in [6.07, 6.45) is -1.80. The SMILES string of the molecule is O=S(=O)(ON1CCCCC1)c1ccc(C(F)(F)F)cc1. The van der Waals surface area contributed by atoms with Gasteiger partial charge < -0.3 is 0 Å². The Bertz CT molecular complexity index is 548. The molecule has 1 fully saturated rings. The van der Waals surface area contributed by atoms with Crippen molar-refractivity contribution >= 4 is 10.1 Å². The van der Waals surface area contributed by atoms with Crippen molar-refractivity contribution in [3.05, 3.63) is 29.8 Å². The van der Waals surface area contributed by atoms with E-state index in [-0.39, 0.29) is 4.90 Å². The van der Waals surface area contributed by atoms with Gasteiger partial charge in [0.1, 0.15) is 0 Å². The second-order valence-electron chi connectivity index (χ2n) is 4.54. The summed E-state index contributed by atoms with van der Waals surface area (Å²) in [5.74, 6) is 0. The van der Waals surface area contributed by atoms with Gasteiger partial charge in [-0.3, -0.25) is 0 Å². The second-order valence-corrected chi connectivity index (χ2v) is 6.07. The molecule has 0 saturated carbocycles. The van der Waals surface area contributed by atoms with E-state index in [1.165, 1.54) is 5.06 Å². The van der Waals surface area contributed by atoms with E-state index < -0.39 is 21.9 Å². The van der Waals surface area contributed by atoms with Crippen LogP contribution in [0, 0.1) is 0 Å². The molecule has 0 atom stereocenters. The molecular weight excluding hydrogens is 295 g/mol. The Morgan fingerprint density at radius 3 is 2.05 bits per heavy atom. The molecule has 20 heavy (non-hydrogen) atoms. The van der Waals surface area contributed by atoms with Crippen LogP contribution in [0.15, 0.2) is 29.2 Å². The average Bonchev–Trinajstić information content (AvgIpc) is 2.38. The number of piperidine rings is 1. The maximum absolute atomic E-state index is 12.4. The summed E-state index contributed by atoms with van der Waals surface area (Å²) in [7, 11) is -4.06. The third kappa shape index (κ3) is 3.71. The Morgan fingerprint density at radius 1 is 1.00 bits per heavy atom. The number of halogens is 3. The van der Waals surface area contributed by atoms with Gasteiger partial charge in [-0.05, 0) is 37.1 Å². The van der Waals surface area contributed by atoms with E-state index in [9.17, 15) is 21.6 Å². The molecular formula is C12H14F3NO3S. The number of hydrogen-bond donors (Lipinski definition) is 0. The molecule has 0 aliphatic carbocycles. The van der Waals surface area contributed by atoms with Crippen LogP contribution in [0.1, 0.15) is 24.8 Å².